The third-order valence-electron chi connectivity index (χ3n) is 2.57. The van der Waals surface area contributed by atoms with Gasteiger partial charge in [0.1, 0.15) is 6.04 Å². The lowest BCUT2D eigenvalue weighted by Crippen LogP contribution is -2.32. The molecule has 0 fully saturated rings. The number of carboxylic acid groups (broad SMARTS) is 1. The Morgan fingerprint density at radius 3 is 3.00 bits per heavy atom. The van der Waals surface area contributed by atoms with Crippen molar-refractivity contribution < 1.29 is 14.7 Å². The third-order valence-corrected chi connectivity index (χ3v) is 2.57. The topological polar surface area (TPSA) is 92.4 Å². The van der Waals surface area contributed by atoms with Crippen LogP contribution >= 0.6 is 0 Å². The number of aliphatic carboxylic acids is 1. The Kier molecular flexibility index (Phi) is 2.62. The van der Waals surface area contributed by atoms with Gasteiger partial charge in [0, 0.05) is 5.69 Å². The first-order valence-corrected chi connectivity index (χ1v) is 4.96. The van der Waals surface area contributed by atoms with E-state index in [0.717, 1.165) is 16.8 Å². The largest absolute Gasteiger partial charge is 0.480 e. The quantitative estimate of drug-likeness (QED) is 0.675. The first kappa shape index (κ1) is 10.6. The fourth-order valence-corrected chi connectivity index (χ4v) is 1.75. The molecule has 1 aromatic rings. The molecule has 0 radical (unpaired) electrons. The Morgan fingerprint density at radius 1 is 1.56 bits per heavy atom. The number of hydrogen-bond donors (Lipinski definition) is 3. The van der Waals surface area contributed by atoms with E-state index >= 15 is 0 Å². The molecular formula is C11H12N2O3. The summed E-state index contributed by atoms with van der Waals surface area (Å²) < 4.78 is 0. The van der Waals surface area contributed by atoms with E-state index in [1.165, 1.54) is 0 Å². The minimum Gasteiger partial charge on any atom is -0.480 e. The predicted molar refractivity (Wildman–Crippen MR) is 58.1 cm³/mol. The summed E-state index contributed by atoms with van der Waals surface area (Å²) in [5.41, 5.74) is 7.98. The number of carboxylic acids is 1. The van der Waals surface area contributed by atoms with Crippen LogP contribution in [0.15, 0.2) is 18.2 Å². The van der Waals surface area contributed by atoms with Gasteiger partial charge in [-0.3, -0.25) is 9.59 Å². The zero-order valence-corrected chi connectivity index (χ0v) is 8.56. The molecule has 1 amide bonds. The van der Waals surface area contributed by atoms with Crippen LogP contribution in [0.4, 0.5) is 5.69 Å². The van der Waals surface area contributed by atoms with Crippen molar-refractivity contribution in [2.75, 3.05) is 5.32 Å². The Morgan fingerprint density at radius 2 is 2.31 bits per heavy atom. The van der Waals surface area contributed by atoms with Crippen LogP contribution in [0.1, 0.15) is 11.1 Å². The second-order valence-electron chi connectivity index (χ2n) is 3.87. The van der Waals surface area contributed by atoms with Gasteiger partial charge in [0.25, 0.3) is 0 Å². The number of fused-ring (bicyclic) bond motifs is 1. The lowest BCUT2D eigenvalue weighted by atomic mass is 10.0. The summed E-state index contributed by atoms with van der Waals surface area (Å²) in [5, 5.41) is 11.4. The van der Waals surface area contributed by atoms with E-state index in [-0.39, 0.29) is 12.3 Å². The maximum atomic E-state index is 11.1. The fourth-order valence-electron chi connectivity index (χ4n) is 1.75. The van der Waals surface area contributed by atoms with Crippen molar-refractivity contribution in [3.63, 3.8) is 0 Å². The Balaban J connectivity index is 2.16. The van der Waals surface area contributed by atoms with Crippen LogP contribution in [0.3, 0.4) is 0 Å². The molecule has 2 rings (SSSR count). The maximum Gasteiger partial charge on any atom is 0.320 e. The van der Waals surface area contributed by atoms with Crippen molar-refractivity contribution in [1.29, 1.82) is 0 Å². The number of benzene rings is 1. The smallest absolute Gasteiger partial charge is 0.320 e. The van der Waals surface area contributed by atoms with Crippen LogP contribution in [0.5, 0.6) is 0 Å². The molecule has 0 saturated heterocycles. The summed E-state index contributed by atoms with van der Waals surface area (Å²) in [4.78, 5) is 21.7. The van der Waals surface area contributed by atoms with Crippen LogP contribution in [0, 0.1) is 0 Å². The molecule has 0 spiro atoms. The molecule has 0 aromatic heterocycles. The molecule has 4 N–H and O–H groups in total. The highest BCUT2D eigenvalue weighted by atomic mass is 16.4. The zero-order valence-electron chi connectivity index (χ0n) is 8.56. The fraction of sp³-hybridized carbons (Fsp3) is 0.273. The molecule has 1 aliphatic heterocycles. The molecule has 0 saturated carbocycles. The monoisotopic (exact) mass is 220 g/mol. The SMILES string of the molecule is NC(Cc1ccc2c(c1)CC(=O)N2)C(=O)O. The van der Waals surface area contributed by atoms with Crippen molar-refractivity contribution >= 4 is 17.6 Å². The summed E-state index contributed by atoms with van der Waals surface area (Å²) in [6, 6.07) is 4.50. The number of carbonyl (C=O) groups is 2. The van der Waals surface area contributed by atoms with Gasteiger partial charge < -0.3 is 16.2 Å². The number of amides is 1. The first-order chi connectivity index (χ1) is 7.56. The number of carbonyl (C=O) groups excluding carboxylic acids is 1. The van der Waals surface area contributed by atoms with Gasteiger partial charge in [-0.2, -0.15) is 0 Å². The second kappa shape index (κ2) is 3.94. The van der Waals surface area contributed by atoms with Gasteiger partial charge >= 0.3 is 5.97 Å². The molecule has 5 heteroatoms. The van der Waals surface area contributed by atoms with Gasteiger partial charge in [0.05, 0.1) is 6.42 Å². The molecule has 5 nitrogen and oxygen atoms in total. The normalized spacial score (nSPS) is 15.4. The first-order valence-electron chi connectivity index (χ1n) is 4.96. The number of rotatable bonds is 3. The van der Waals surface area contributed by atoms with Crippen LogP contribution in [-0.4, -0.2) is 23.0 Å². The molecule has 16 heavy (non-hydrogen) atoms. The number of hydrogen-bond acceptors (Lipinski definition) is 3. The third kappa shape index (κ3) is 2.04. The molecule has 1 heterocycles. The molecule has 1 aromatic carbocycles. The Labute approximate surface area is 92.3 Å². The number of nitrogens with one attached hydrogen (secondary N) is 1. The van der Waals surface area contributed by atoms with Crippen LogP contribution < -0.4 is 11.1 Å². The van der Waals surface area contributed by atoms with Gasteiger partial charge in [-0.15, -0.1) is 0 Å². The van der Waals surface area contributed by atoms with Crippen molar-refractivity contribution in [1.82, 2.24) is 0 Å². The minimum atomic E-state index is -1.02. The Bertz CT molecular complexity index is 457. The molecule has 1 atom stereocenters. The average Bonchev–Trinajstić information content (AvgIpc) is 2.57. The van der Waals surface area contributed by atoms with Gasteiger partial charge in [-0.25, -0.2) is 0 Å². The van der Waals surface area contributed by atoms with E-state index in [9.17, 15) is 9.59 Å². The molecule has 84 valence electrons. The zero-order chi connectivity index (χ0) is 11.7. The highest BCUT2D eigenvalue weighted by molar-refractivity contribution is 5.99. The van der Waals surface area contributed by atoms with E-state index in [0.29, 0.717) is 6.42 Å². The van der Waals surface area contributed by atoms with Crippen molar-refractivity contribution in [3.8, 4) is 0 Å². The van der Waals surface area contributed by atoms with E-state index in [1.54, 1.807) is 12.1 Å². The maximum absolute atomic E-state index is 11.1. The second-order valence-corrected chi connectivity index (χ2v) is 3.87. The molecule has 0 bridgehead atoms. The van der Waals surface area contributed by atoms with E-state index in [1.807, 2.05) is 6.07 Å². The average molecular weight is 220 g/mol. The summed E-state index contributed by atoms with van der Waals surface area (Å²) in [7, 11) is 0. The summed E-state index contributed by atoms with van der Waals surface area (Å²) >= 11 is 0. The lowest BCUT2D eigenvalue weighted by molar-refractivity contribution is -0.138. The summed E-state index contributed by atoms with van der Waals surface area (Å²) in [5.74, 6) is -1.05. The molecule has 0 aliphatic carbocycles. The molecular weight excluding hydrogens is 208 g/mol. The lowest BCUT2D eigenvalue weighted by Gasteiger charge is -2.07. The van der Waals surface area contributed by atoms with E-state index < -0.39 is 12.0 Å². The van der Waals surface area contributed by atoms with Crippen LogP contribution in [-0.2, 0) is 22.4 Å². The number of nitrogens with two attached hydrogens (primary N) is 1. The van der Waals surface area contributed by atoms with E-state index in [2.05, 4.69) is 5.32 Å². The van der Waals surface area contributed by atoms with Crippen LogP contribution in [0.2, 0.25) is 0 Å². The van der Waals surface area contributed by atoms with Gasteiger partial charge in [-0.1, -0.05) is 12.1 Å². The van der Waals surface area contributed by atoms with Gasteiger partial charge in [0.15, 0.2) is 0 Å². The van der Waals surface area contributed by atoms with Gasteiger partial charge in [0.2, 0.25) is 5.91 Å². The highest BCUT2D eigenvalue weighted by Crippen LogP contribution is 2.24. The Hall–Kier alpha value is -1.88. The van der Waals surface area contributed by atoms with Crippen molar-refractivity contribution in [2.24, 2.45) is 5.73 Å². The predicted octanol–water partition coefficient (Wildman–Crippen LogP) is 0.136. The van der Waals surface area contributed by atoms with Crippen LogP contribution in [0.25, 0.3) is 0 Å². The summed E-state index contributed by atoms with van der Waals surface area (Å²) in [6.07, 6.45) is 0.627. The van der Waals surface area contributed by atoms with E-state index in [4.69, 9.17) is 10.8 Å². The van der Waals surface area contributed by atoms with Crippen molar-refractivity contribution in [2.45, 2.75) is 18.9 Å². The summed E-state index contributed by atoms with van der Waals surface area (Å²) in [6.45, 7) is 0. The standard InChI is InChI=1S/C11H12N2O3/c12-8(11(15)16)4-6-1-2-9-7(3-6)5-10(14)13-9/h1-3,8H,4-5,12H2,(H,13,14)(H,15,16). The molecule has 1 unspecified atom stereocenters. The van der Waals surface area contributed by atoms with Gasteiger partial charge in [-0.05, 0) is 23.6 Å². The minimum absolute atomic E-state index is 0.0327. The van der Waals surface area contributed by atoms with Crippen molar-refractivity contribution in [3.05, 3.63) is 29.3 Å². The highest BCUT2D eigenvalue weighted by Gasteiger charge is 2.19. The number of anilines is 1. The molecule has 1 aliphatic rings.